The predicted molar refractivity (Wildman–Crippen MR) is 73.9 cm³/mol. The van der Waals surface area contributed by atoms with Crippen LogP contribution in [-0.4, -0.2) is 8.42 Å². The van der Waals surface area contributed by atoms with Crippen LogP contribution in [0.5, 0.6) is 0 Å². The fraction of sp³-hybridized carbons (Fsp3) is 0. The van der Waals surface area contributed by atoms with Crippen LogP contribution in [-0.2, 0) is 10.0 Å². The van der Waals surface area contributed by atoms with Gasteiger partial charge < -0.3 is 0 Å². The highest BCUT2D eigenvalue weighted by atomic mass is 79.9. The Hall–Kier alpha value is -1.43. The highest BCUT2D eigenvalue weighted by Crippen LogP contribution is 2.26. The zero-order valence-corrected chi connectivity index (χ0v) is 12.4. The SMILES string of the molecule is N#Cc1ccsc1NS(=O)(=O)c1ccc(Br)c(F)c1. The molecule has 2 rings (SSSR count). The van der Waals surface area contributed by atoms with Gasteiger partial charge in [0.15, 0.2) is 0 Å². The number of sulfonamides is 1. The largest absolute Gasteiger partial charge is 0.269 e. The number of thiophene rings is 1. The molecule has 0 saturated carbocycles. The van der Waals surface area contributed by atoms with Gasteiger partial charge in [0.05, 0.1) is 14.9 Å². The van der Waals surface area contributed by atoms with E-state index in [4.69, 9.17) is 5.26 Å². The Bertz CT molecular complexity index is 765. The van der Waals surface area contributed by atoms with Gasteiger partial charge in [-0.15, -0.1) is 11.3 Å². The summed E-state index contributed by atoms with van der Waals surface area (Å²) < 4.78 is 39.9. The Morgan fingerprint density at radius 3 is 2.74 bits per heavy atom. The van der Waals surface area contributed by atoms with E-state index in [0.717, 1.165) is 17.4 Å². The van der Waals surface area contributed by atoms with Crippen molar-refractivity contribution in [2.24, 2.45) is 0 Å². The summed E-state index contributed by atoms with van der Waals surface area (Å²) in [6.07, 6.45) is 0. The van der Waals surface area contributed by atoms with Gasteiger partial charge in [-0.1, -0.05) is 0 Å². The smallest absolute Gasteiger partial charge is 0.262 e. The molecule has 1 aromatic carbocycles. The number of benzene rings is 1. The Morgan fingerprint density at radius 2 is 2.11 bits per heavy atom. The van der Waals surface area contributed by atoms with Gasteiger partial charge in [0.25, 0.3) is 10.0 Å². The molecule has 0 saturated heterocycles. The Labute approximate surface area is 121 Å². The second kappa shape index (κ2) is 5.28. The van der Waals surface area contributed by atoms with Gasteiger partial charge in [-0.25, -0.2) is 12.8 Å². The molecular formula is C11H6BrFN2O2S2. The third-order valence-electron chi connectivity index (χ3n) is 2.21. The maximum atomic E-state index is 13.3. The quantitative estimate of drug-likeness (QED) is 0.912. The predicted octanol–water partition coefficient (Wildman–Crippen LogP) is 3.32. The maximum Gasteiger partial charge on any atom is 0.262 e. The first-order chi connectivity index (χ1) is 8.94. The van der Waals surface area contributed by atoms with Crippen molar-refractivity contribution < 1.29 is 12.8 Å². The number of rotatable bonds is 3. The zero-order chi connectivity index (χ0) is 14.0. The molecule has 19 heavy (non-hydrogen) atoms. The molecule has 0 aliphatic heterocycles. The van der Waals surface area contributed by atoms with Crippen LogP contribution in [0.2, 0.25) is 0 Å². The van der Waals surface area contributed by atoms with Crippen LogP contribution in [0.1, 0.15) is 5.56 Å². The number of nitrogens with one attached hydrogen (secondary N) is 1. The molecule has 2 aromatic rings. The van der Waals surface area contributed by atoms with Crippen molar-refractivity contribution in [3.05, 3.63) is 45.5 Å². The maximum absolute atomic E-state index is 13.3. The van der Waals surface area contributed by atoms with E-state index in [9.17, 15) is 12.8 Å². The Kier molecular flexibility index (Phi) is 3.89. The van der Waals surface area contributed by atoms with Crippen molar-refractivity contribution in [3.63, 3.8) is 0 Å². The van der Waals surface area contributed by atoms with Crippen LogP contribution in [0.15, 0.2) is 39.0 Å². The lowest BCUT2D eigenvalue weighted by atomic mass is 10.3. The topological polar surface area (TPSA) is 70.0 Å². The van der Waals surface area contributed by atoms with Crippen molar-refractivity contribution in [1.29, 1.82) is 5.26 Å². The van der Waals surface area contributed by atoms with Crippen LogP contribution >= 0.6 is 27.3 Å². The molecule has 0 aliphatic rings. The molecule has 4 nitrogen and oxygen atoms in total. The lowest BCUT2D eigenvalue weighted by molar-refractivity contribution is 0.594. The summed E-state index contributed by atoms with van der Waals surface area (Å²) in [7, 11) is -3.91. The second-order valence-corrected chi connectivity index (χ2v) is 6.91. The molecular weight excluding hydrogens is 355 g/mol. The average Bonchev–Trinajstić information content (AvgIpc) is 2.79. The normalized spacial score (nSPS) is 11.0. The van der Waals surface area contributed by atoms with Crippen LogP contribution in [0.4, 0.5) is 9.39 Å². The third-order valence-corrected chi connectivity index (χ3v) is 5.16. The number of halogens is 2. The first kappa shape index (κ1) is 14.0. The van der Waals surface area contributed by atoms with Crippen LogP contribution < -0.4 is 4.72 Å². The average molecular weight is 361 g/mol. The molecule has 0 radical (unpaired) electrons. The van der Waals surface area contributed by atoms with Gasteiger partial charge >= 0.3 is 0 Å². The van der Waals surface area contributed by atoms with E-state index >= 15 is 0 Å². The molecule has 1 N–H and O–H groups in total. The van der Waals surface area contributed by atoms with Gasteiger partial charge in [0, 0.05) is 0 Å². The fourth-order valence-corrected chi connectivity index (χ4v) is 3.63. The van der Waals surface area contributed by atoms with Crippen molar-refractivity contribution in [2.75, 3.05) is 4.72 Å². The van der Waals surface area contributed by atoms with Gasteiger partial charge in [-0.3, -0.25) is 4.72 Å². The summed E-state index contributed by atoms with van der Waals surface area (Å²) in [6.45, 7) is 0. The van der Waals surface area contributed by atoms with Crippen LogP contribution in [0, 0.1) is 17.1 Å². The summed E-state index contributed by atoms with van der Waals surface area (Å²) in [6, 6.07) is 6.87. The number of hydrogen-bond donors (Lipinski definition) is 1. The van der Waals surface area contributed by atoms with Gasteiger partial charge in [0.2, 0.25) is 0 Å². The lowest BCUT2D eigenvalue weighted by Gasteiger charge is -2.07. The van der Waals surface area contributed by atoms with Crippen LogP contribution in [0.3, 0.4) is 0 Å². The van der Waals surface area contributed by atoms with E-state index in [0.29, 0.717) is 0 Å². The highest BCUT2D eigenvalue weighted by molar-refractivity contribution is 9.10. The van der Waals surface area contributed by atoms with E-state index in [1.54, 1.807) is 5.38 Å². The Balaban J connectivity index is 2.38. The number of nitrogens with zero attached hydrogens (tertiary/aromatic N) is 1. The highest BCUT2D eigenvalue weighted by Gasteiger charge is 2.18. The molecule has 0 unspecified atom stereocenters. The first-order valence-corrected chi connectivity index (χ1v) is 8.05. The fourth-order valence-electron chi connectivity index (χ4n) is 1.30. The minimum atomic E-state index is -3.91. The summed E-state index contributed by atoms with van der Waals surface area (Å²) in [5.41, 5.74) is 0.228. The van der Waals surface area contributed by atoms with Crippen molar-refractivity contribution in [1.82, 2.24) is 0 Å². The van der Waals surface area contributed by atoms with E-state index in [1.165, 1.54) is 18.2 Å². The van der Waals surface area contributed by atoms with E-state index in [1.807, 2.05) is 6.07 Å². The van der Waals surface area contributed by atoms with E-state index < -0.39 is 15.8 Å². The molecule has 0 aliphatic carbocycles. The minimum absolute atomic E-state index is 0.181. The zero-order valence-electron chi connectivity index (χ0n) is 9.22. The molecule has 0 amide bonds. The number of anilines is 1. The second-order valence-electron chi connectivity index (χ2n) is 3.46. The van der Waals surface area contributed by atoms with Crippen LogP contribution in [0.25, 0.3) is 0 Å². The number of nitriles is 1. The molecule has 1 heterocycles. The summed E-state index contributed by atoms with van der Waals surface area (Å²) >= 11 is 4.04. The third kappa shape index (κ3) is 2.94. The van der Waals surface area contributed by atoms with Gasteiger partial charge in [-0.05, 0) is 45.6 Å². The Morgan fingerprint density at radius 1 is 1.37 bits per heavy atom. The molecule has 0 fully saturated rings. The summed E-state index contributed by atoms with van der Waals surface area (Å²) in [5, 5.41) is 10.6. The monoisotopic (exact) mass is 360 g/mol. The molecule has 1 aromatic heterocycles. The lowest BCUT2D eigenvalue weighted by Crippen LogP contribution is -2.13. The number of hydrogen-bond acceptors (Lipinski definition) is 4. The summed E-state index contributed by atoms with van der Waals surface area (Å²) in [4.78, 5) is -0.203. The van der Waals surface area contributed by atoms with Gasteiger partial charge in [-0.2, -0.15) is 5.26 Å². The molecule has 98 valence electrons. The molecule has 0 atom stereocenters. The van der Waals surface area contributed by atoms with Crippen molar-refractivity contribution >= 4 is 42.3 Å². The molecule has 8 heteroatoms. The molecule has 0 bridgehead atoms. The minimum Gasteiger partial charge on any atom is -0.269 e. The van der Waals surface area contributed by atoms with Gasteiger partial charge in [0.1, 0.15) is 16.9 Å². The van der Waals surface area contributed by atoms with Crippen molar-refractivity contribution in [3.8, 4) is 6.07 Å². The molecule has 0 spiro atoms. The van der Waals surface area contributed by atoms with E-state index in [2.05, 4.69) is 20.7 Å². The summed E-state index contributed by atoms with van der Waals surface area (Å²) in [5.74, 6) is -0.672. The first-order valence-electron chi connectivity index (χ1n) is 4.89. The standard InChI is InChI=1S/C11H6BrFN2O2S2/c12-9-2-1-8(5-10(9)13)19(16,17)15-11-7(6-14)3-4-18-11/h1-5,15H. The van der Waals surface area contributed by atoms with Crippen molar-refractivity contribution in [2.45, 2.75) is 4.90 Å². The van der Waals surface area contributed by atoms with E-state index in [-0.39, 0.29) is 19.9 Å².